The molecule has 0 aromatic carbocycles. The van der Waals surface area contributed by atoms with Gasteiger partial charge in [-0.3, -0.25) is 4.79 Å². The zero-order valence-electron chi connectivity index (χ0n) is 7.72. The van der Waals surface area contributed by atoms with Crippen molar-refractivity contribution in [1.82, 2.24) is 9.97 Å². The molecular formula is C8H9BrCl2N2O. The third-order valence-electron chi connectivity index (χ3n) is 0.921. The highest BCUT2D eigenvalue weighted by atomic mass is 79.9. The summed E-state index contributed by atoms with van der Waals surface area (Å²) in [6.07, 6.45) is 1.80. The number of carbonyl (C=O) groups is 1. The Morgan fingerprint density at radius 3 is 2.29 bits per heavy atom. The minimum Gasteiger partial charge on any atom is -0.296 e. The number of hydrogen-bond donors (Lipinski definition) is 0. The molecule has 1 heterocycles. The first kappa shape index (κ1) is 13.8. The predicted molar refractivity (Wildman–Crippen MR) is 61.1 cm³/mol. The standard InChI is InChI=1S/C5HBrCl2N2O.C3H8/c6-3-2(1-11)9-5(8)10-4(3)7;1-3-2/h1H;3H2,1-2H3. The number of hydrogen-bond acceptors (Lipinski definition) is 3. The van der Waals surface area contributed by atoms with E-state index in [0.29, 0.717) is 10.8 Å². The fourth-order valence-electron chi connectivity index (χ4n) is 0.487. The smallest absolute Gasteiger partial charge is 0.224 e. The van der Waals surface area contributed by atoms with Crippen LogP contribution in [-0.2, 0) is 0 Å². The predicted octanol–water partition coefficient (Wildman–Crippen LogP) is 3.77. The van der Waals surface area contributed by atoms with E-state index < -0.39 is 0 Å². The van der Waals surface area contributed by atoms with Crippen LogP contribution in [-0.4, -0.2) is 16.3 Å². The summed E-state index contributed by atoms with van der Waals surface area (Å²) in [5.41, 5.74) is 0.148. The first-order valence-electron chi connectivity index (χ1n) is 3.90. The van der Waals surface area contributed by atoms with Crippen LogP contribution in [0.15, 0.2) is 4.47 Å². The van der Waals surface area contributed by atoms with Crippen LogP contribution in [0.5, 0.6) is 0 Å². The van der Waals surface area contributed by atoms with Gasteiger partial charge in [-0.2, -0.15) is 0 Å². The zero-order chi connectivity index (χ0) is 11.1. The van der Waals surface area contributed by atoms with Crippen LogP contribution in [0.4, 0.5) is 0 Å². The van der Waals surface area contributed by atoms with E-state index in [1.54, 1.807) is 0 Å². The van der Waals surface area contributed by atoms with Gasteiger partial charge in [-0.05, 0) is 27.5 Å². The van der Waals surface area contributed by atoms with Gasteiger partial charge in [-0.15, -0.1) is 0 Å². The Labute approximate surface area is 101 Å². The molecule has 0 aliphatic carbocycles. The Morgan fingerprint density at radius 2 is 1.86 bits per heavy atom. The van der Waals surface area contributed by atoms with Gasteiger partial charge < -0.3 is 0 Å². The second-order valence-corrected chi connectivity index (χ2v) is 3.80. The molecule has 6 heteroatoms. The molecule has 0 saturated heterocycles. The molecule has 0 aliphatic rings. The van der Waals surface area contributed by atoms with Crippen LogP contribution in [0.1, 0.15) is 30.8 Å². The lowest BCUT2D eigenvalue weighted by atomic mass is 10.4. The van der Waals surface area contributed by atoms with Crippen LogP contribution < -0.4 is 0 Å². The maximum Gasteiger partial charge on any atom is 0.224 e. The molecule has 0 fully saturated rings. The molecular weight excluding hydrogens is 291 g/mol. The monoisotopic (exact) mass is 298 g/mol. The summed E-state index contributed by atoms with van der Waals surface area (Å²) in [7, 11) is 0. The van der Waals surface area contributed by atoms with Crippen molar-refractivity contribution in [2.24, 2.45) is 0 Å². The first-order chi connectivity index (χ1) is 6.56. The SMILES string of the molecule is CCC.O=Cc1nc(Cl)nc(Cl)c1Br. The third kappa shape index (κ3) is 4.35. The summed E-state index contributed by atoms with van der Waals surface area (Å²) in [5, 5.41) is 0.0902. The van der Waals surface area contributed by atoms with Crippen molar-refractivity contribution < 1.29 is 4.79 Å². The van der Waals surface area contributed by atoms with Gasteiger partial charge in [-0.1, -0.05) is 31.9 Å². The summed E-state index contributed by atoms with van der Waals surface area (Å²) in [6, 6.07) is 0. The fourth-order valence-corrected chi connectivity index (χ4v) is 1.15. The fraction of sp³-hybridized carbons (Fsp3) is 0.375. The largest absolute Gasteiger partial charge is 0.296 e. The maximum absolute atomic E-state index is 10.3. The quantitative estimate of drug-likeness (QED) is 0.450. The summed E-state index contributed by atoms with van der Waals surface area (Å²) in [6.45, 7) is 4.25. The highest BCUT2D eigenvalue weighted by Crippen LogP contribution is 2.23. The lowest BCUT2D eigenvalue weighted by molar-refractivity contribution is 0.111. The van der Waals surface area contributed by atoms with Gasteiger partial charge in [0.05, 0.1) is 4.47 Å². The van der Waals surface area contributed by atoms with Crippen molar-refractivity contribution >= 4 is 45.4 Å². The molecule has 0 saturated carbocycles. The Kier molecular flexibility index (Phi) is 7.05. The molecule has 0 N–H and O–H groups in total. The molecule has 0 bridgehead atoms. The van der Waals surface area contributed by atoms with Gasteiger partial charge in [0.2, 0.25) is 5.28 Å². The van der Waals surface area contributed by atoms with E-state index >= 15 is 0 Å². The van der Waals surface area contributed by atoms with Crippen LogP contribution >= 0.6 is 39.1 Å². The van der Waals surface area contributed by atoms with E-state index in [4.69, 9.17) is 23.2 Å². The van der Waals surface area contributed by atoms with E-state index in [-0.39, 0.29) is 16.1 Å². The second kappa shape index (κ2) is 7.15. The van der Waals surface area contributed by atoms with Gasteiger partial charge in [0.15, 0.2) is 6.29 Å². The highest BCUT2D eigenvalue weighted by molar-refractivity contribution is 9.10. The minimum absolute atomic E-state index is 0.0414. The van der Waals surface area contributed by atoms with Crippen molar-refractivity contribution in [1.29, 1.82) is 0 Å². The minimum atomic E-state index is -0.0414. The molecule has 3 nitrogen and oxygen atoms in total. The Hall–Kier alpha value is -0.190. The van der Waals surface area contributed by atoms with Crippen LogP contribution in [0.25, 0.3) is 0 Å². The molecule has 78 valence electrons. The van der Waals surface area contributed by atoms with Crippen molar-refractivity contribution in [3.05, 3.63) is 20.6 Å². The number of halogens is 3. The van der Waals surface area contributed by atoms with Crippen LogP contribution in [0.2, 0.25) is 10.4 Å². The van der Waals surface area contributed by atoms with Gasteiger partial charge >= 0.3 is 0 Å². The molecule has 1 aromatic rings. The number of carbonyl (C=O) groups excluding carboxylic acids is 1. The number of rotatable bonds is 1. The lowest BCUT2D eigenvalue weighted by Crippen LogP contribution is -1.93. The maximum atomic E-state index is 10.3. The molecule has 0 unspecified atom stereocenters. The normalized spacial score (nSPS) is 8.93. The first-order valence-corrected chi connectivity index (χ1v) is 5.45. The number of aldehydes is 1. The third-order valence-corrected chi connectivity index (χ3v) is 2.37. The van der Waals surface area contributed by atoms with E-state index in [1.165, 1.54) is 6.42 Å². The molecule has 0 amide bonds. The molecule has 1 aromatic heterocycles. The highest BCUT2D eigenvalue weighted by Gasteiger charge is 2.07. The summed E-state index contributed by atoms with van der Waals surface area (Å²) < 4.78 is 0.360. The van der Waals surface area contributed by atoms with Crippen LogP contribution in [0.3, 0.4) is 0 Å². The van der Waals surface area contributed by atoms with Gasteiger partial charge in [-0.25, -0.2) is 9.97 Å². The van der Waals surface area contributed by atoms with E-state index in [0.717, 1.165) is 0 Å². The molecule has 0 radical (unpaired) electrons. The Morgan fingerprint density at radius 1 is 1.36 bits per heavy atom. The summed E-state index contributed by atoms with van der Waals surface area (Å²) in [5.74, 6) is 0. The summed E-state index contributed by atoms with van der Waals surface area (Å²) in [4.78, 5) is 17.5. The molecule has 14 heavy (non-hydrogen) atoms. The van der Waals surface area contributed by atoms with Crippen molar-refractivity contribution in [2.45, 2.75) is 20.3 Å². The molecule has 0 atom stereocenters. The van der Waals surface area contributed by atoms with Crippen molar-refractivity contribution in [3.8, 4) is 0 Å². The second-order valence-electron chi connectivity index (χ2n) is 2.31. The van der Waals surface area contributed by atoms with Crippen LogP contribution in [0, 0.1) is 0 Å². The number of nitrogens with zero attached hydrogens (tertiary/aromatic N) is 2. The average molecular weight is 300 g/mol. The van der Waals surface area contributed by atoms with Crippen molar-refractivity contribution in [2.75, 3.05) is 0 Å². The zero-order valence-corrected chi connectivity index (χ0v) is 10.8. The summed E-state index contributed by atoms with van der Waals surface area (Å²) >= 11 is 14.0. The Balaban J connectivity index is 0.000000500. The molecule has 0 spiro atoms. The van der Waals surface area contributed by atoms with Gasteiger partial charge in [0, 0.05) is 0 Å². The lowest BCUT2D eigenvalue weighted by Gasteiger charge is -1.96. The van der Waals surface area contributed by atoms with E-state index in [1.807, 2.05) is 0 Å². The van der Waals surface area contributed by atoms with Crippen molar-refractivity contribution in [3.63, 3.8) is 0 Å². The average Bonchev–Trinajstić information content (AvgIpc) is 2.12. The van der Waals surface area contributed by atoms with Gasteiger partial charge in [0.25, 0.3) is 0 Å². The van der Waals surface area contributed by atoms with Gasteiger partial charge in [0.1, 0.15) is 10.8 Å². The number of aromatic nitrogens is 2. The Bertz CT molecular complexity index is 320. The van der Waals surface area contributed by atoms with E-state index in [9.17, 15) is 4.79 Å². The topological polar surface area (TPSA) is 42.9 Å². The molecule has 1 rings (SSSR count). The molecule has 0 aliphatic heterocycles. The van der Waals surface area contributed by atoms with E-state index in [2.05, 4.69) is 39.7 Å².